The molecule has 2 aromatic rings. The second-order valence-electron chi connectivity index (χ2n) is 6.45. The molecule has 0 bridgehead atoms. The average molecular weight is 373 g/mol. The van der Waals surface area contributed by atoms with Crippen molar-refractivity contribution in [2.45, 2.75) is 31.1 Å². The number of carbonyl (C=O) groups excluding carboxylic acids is 2. The highest BCUT2D eigenvalue weighted by molar-refractivity contribution is 6.30. The quantitative estimate of drug-likeness (QED) is 0.796. The van der Waals surface area contributed by atoms with E-state index in [1.807, 2.05) is 24.3 Å². The van der Waals surface area contributed by atoms with Gasteiger partial charge in [-0.05, 0) is 54.8 Å². The van der Waals surface area contributed by atoms with E-state index in [2.05, 4.69) is 15.4 Å². The standard InChI is InChI=1S/C20H21ClN2O3/c1-26-19(25)23-17-9-7-16(8-10-17)22-18(24)20(11-2-3-12-20)14-5-4-6-15(21)13-14/h4-10,13H,2-3,11-12H2,1H3,(H,22,24)(H,23,25). The molecule has 136 valence electrons. The van der Waals surface area contributed by atoms with Gasteiger partial charge in [-0.25, -0.2) is 4.79 Å². The average Bonchev–Trinajstić information content (AvgIpc) is 3.14. The van der Waals surface area contributed by atoms with Crippen LogP contribution in [0.4, 0.5) is 16.2 Å². The van der Waals surface area contributed by atoms with Gasteiger partial charge in [0.2, 0.25) is 5.91 Å². The van der Waals surface area contributed by atoms with E-state index in [0.717, 1.165) is 31.2 Å². The summed E-state index contributed by atoms with van der Waals surface area (Å²) in [5, 5.41) is 6.23. The Balaban J connectivity index is 1.78. The molecular weight excluding hydrogens is 352 g/mol. The first-order chi connectivity index (χ1) is 12.5. The number of hydrogen-bond donors (Lipinski definition) is 2. The molecular formula is C20H21ClN2O3. The Hall–Kier alpha value is -2.53. The molecule has 0 heterocycles. The molecule has 1 aliphatic rings. The maximum Gasteiger partial charge on any atom is 0.411 e. The van der Waals surface area contributed by atoms with Gasteiger partial charge in [0.1, 0.15) is 0 Å². The number of rotatable bonds is 4. The maximum absolute atomic E-state index is 13.1. The second kappa shape index (κ2) is 7.79. The summed E-state index contributed by atoms with van der Waals surface area (Å²) in [4.78, 5) is 24.3. The van der Waals surface area contributed by atoms with Gasteiger partial charge in [0.15, 0.2) is 0 Å². The second-order valence-corrected chi connectivity index (χ2v) is 6.88. The van der Waals surface area contributed by atoms with Crippen LogP contribution in [0, 0.1) is 0 Å². The van der Waals surface area contributed by atoms with Gasteiger partial charge in [0.25, 0.3) is 0 Å². The molecule has 26 heavy (non-hydrogen) atoms. The summed E-state index contributed by atoms with van der Waals surface area (Å²) < 4.78 is 4.56. The number of benzene rings is 2. The van der Waals surface area contributed by atoms with Crippen LogP contribution in [0.15, 0.2) is 48.5 Å². The molecule has 0 atom stereocenters. The number of ether oxygens (including phenoxy) is 1. The fourth-order valence-corrected chi connectivity index (χ4v) is 3.66. The molecule has 0 aromatic heterocycles. The van der Waals surface area contributed by atoms with Gasteiger partial charge >= 0.3 is 6.09 Å². The molecule has 2 N–H and O–H groups in total. The van der Waals surface area contributed by atoms with E-state index >= 15 is 0 Å². The third kappa shape index (κ3) is 3.83. The van der Waals surface area contributed by atoms with Crippen molar-refractivity contribution in [2.75, 3.05) is 17.7 Å². The van der Waals surface area contributed by atoms with Crippen molar-refractivity contribution in [1.29, 1.82) is 0 Å². The zero-order chi connectivity index (χ0) is 18.6. The van der Waals surface area contributed by atoms with Gasteiger partial charge in [-0.15, -0.1) is 0 Å². The van der Waals surface area contributed by atoms with Crippen LogP contribution >= 0.6 is 11.6 Å². The minimum Gasteiger partial charge on any atom is -0.453 e. The Morgan fingerprint density at radius 1 is 1.00 bits per heavy atom. The van der Waals surface area contributed by atoms with Crippen molar-refractivity contribution < 1.29 is 14.3 Å². The Kier molecular flexibility index (Phi) is 5.47. The fraction of sp³-hybridized carbons (Fsp3) is 0.300. The van der Waals surface area contributed by atoms with E-state index in [4.69, 9.17) is 11.6 Å². The molecule has 6 heteroatoms. The number of halogens is 1. The first-order valence-electron chi connectivity index (χ1n) is 8.56. The fourth-order valence-electron chi connectivity index (χ4n) is 3.47. The third-order valence-electron chi connectivity index (χ3n) is 4.84. The molecule has 0 spiro atoms. The Labute approximate surface area is 157 Å². The highest BCUT2D eigenvalue weighted by atomic mass is 35.5. The third-order valence-corrected chi connectivity index (χ3v) is 5.08. The highest BCUT2D eigenvalue weighted by Gasteiger charge is 2.42. The Bertz CT molecular complexity index is 799. The first-order valence-corrected chi connectivity index (χ1v) is 8.94. The Morgan fingerprint density at radius 3 is 2.19 bits per heavy atom. The van der Waals surface area contributed by atoms with Crippen LogP contribution in [-0.4, -0.2) is 19.1 Å². The van der Waals surface area contributed by atoms with Crippen LogP contribution in [0.2, 0.25) is 5.02 Å². The summed E-state index contributed by atoms with van der Waals surface area (Å²) in [5.41, 5.74) is 1.69. The molecule has 0 saturated heterocycles. The summed E-state index contributed by atoms with van der Waals surface area (Å²) in [6.07, 6.45) is 3.11. The van der Waals surface area contributed by atoms with Gasteiger partial charge in [-0.1, -0.05) is 36.6 Å². The molecule has 1 saturated carbocycles. The zero-order valence-corrected chi connectivity index (χ0v) is 15.3. The Morgan fingerprint density at radius 2 is 1.62 bits per heavy atom. The van der Waals surface area contributed by atoms with E-state index in [9.17, 15) is 9.59 Å². The van der Waals surface area contributed by atoms with Crippen molar-refractivity contribution in [3.8, 4) is 0 Å². The topological polar surface area (TPSA) is 67.4 Å². The van der Waals surface area contributed by atoms with Crippen LogP contribution in [-0.2, 0) is 14.9 Å². The molecule has 3 rings (SSSR count). The largest absolute Gasteiger partial charge is 0.453 e. The number of methoxy groups -OCH3 is 1. The summed E-state index contributed by atoms with van der Waals surface area (Å²) in [7, 11) is 1.31. The van der Waals surface area contributed by atoms with E-state index in [1.165, 1.54) is 7.11 Å². The smallest absolute Gasteiger partial charge is 0.411 e. The lowest BCUT2D eigenvalue weighted by Gasteiger charge is -2.28. The summed E-state index contributed by atoms with van der Waals surface area (Å²) in [6.45, 7) is 0. The molecule has 0 aliphatic heterocycles. The maximum atomic E-state index is 13.1. The van der Waals surface area contributed by atoms with Crippen molar-refractivity contribution in [3.05, 3.63) is 59.1 Å². The zero-order valence-electron chi connectivity index (χ0n) is 14.5. The lowest BCUT2D eigenvalue weighted by atomic mass is 9.78. The number of amides is 2. The van der Waals surface area contributed by atoms with E-state index in [0.29, 0.717) is 16.4 Å². The van der Waals surface area contributed by atoms with Gasteiger partial charge < -0.3 is 10.1 Å². The molecule has 0 radical (unpaired) electrons. The summed E-state index contributed by atoms with van der Waals surface area (Å²) >= 11 is 6.14. The van der Waals surface area contributed by atoms with E-state index < -0.39 is 11.5 Å². The van der Waals surface area contributed by atoms with Crippen LogP contribution in [0.5, 0.6) is 0 Å². The number of carbonyl (C=O) groups is 2. The highest BCUT2D eigenvalue weighted by Crippen LogP contribution is 2.42. The van der Waals surface area contributed by atoms with Crippen molar-refractivity contribution in [3.63, 3.8) is 0 Å². The molecule has 2 aromatic carbocycles. The first kappa shape index (κ1) is 18.3. The minimum absolute atomic E-state index is 0.0223. The molecule has 5 nitrogen and oxygen atoms in total. The monoisotopic (exact) mass is 372 g/mol. The summed E-state index contributed by atoms with van der Waals surface area (Å²) in [5.74, 6) is -0.0223. The number of hydrogen-bond acceptors (Lipinski definition) is 3. The van der Waals surface area contributed by atoms with E-state index in [-0.39, 0.29) is 5.91 Å². The van der Waals surface area contributed by atoms with Crippen LogP contribution in [0.3, 0.4) is 0 Å². The molecule has 1 aliphatic carbocycles. The number of nitrogens with one attached hydrogen (secondary N) is 2. The van der Waals surface area contributed by atoms with Gasteiger partial charge in [0, 0.05) is 16.4 Å². The van der Waals surface area contributed by atoms with Crippen LogP contribution in [0.1, 0.15) is 31.2 Å². The van der Waals surface area contributed by atoms with Gasteiger partial charge in [0.05, 0.1) is 12.5 Å². The molecule has 2 amide bonds. The molecule has 0 unspecified atom stereocenters. The molecule has 1 fully saturated rings. The predicted molar refractivity (Wildman–Crippen MR) is 103 cm³/mol. The summed E-state index contributed by atoms with van der Waals surface area (Å²) in [6, 6.07) is 14.5. The predicted octanol–water partition coefficient (Wildman–Crippen LogP) is 4.97. The van der Waals surface area contributed by atoms with Crippen molar-refractivity contribution in [2.24, 2.45) is 0 Å². The lowest BCUT2D eigenvalue weighted by molar-refractivity contribution is -0.121. The van der Waals surface area contributed by atoms with Crippen molar-refractivity contribution >= 4 is 35.0 Å². The van der Waals surface area contributed by atoms with Crippen molar-refractivity contribution in [1.82, 2.24) is 0 Å². The minimum atomic E-state index is -0.548. The van der Waals surface area contributed by atoms with Gasteiger partial charge in [-0.3, -0.25) is 10.1 Å². The van der Waals surface area contributed by atoms with E-state index in [1.54, 1.807) is 24.3 Å². The normalized spacial score (nSPS) is 15.3. The lowest BCUT2D eigenvalue weighted by Crippen LogP contribution is -2.38. The van der Waals surface area contributed by atoms with Crippen LogP contribution < -0.4 is 10.6 Å². The SMILES string of the molecule is COC(=O)Nc1ccc(NC(=O)C2(c3cccc(Cl)c3)CCCC2)cc1. The van der Waals surface area contributed by atoms with Crippen LogP contribution in [0.25, 0.3) is 0 Å². The van der Waals surface area contributed by atoms with Gasteiger partial charge in [-0.2, -0.15) is 0 Å². The number of anilines is 2.